The van der Waals surface area contributed by atoms with E-state index in [1.165, 1.54) is 0 Å². The van der Waals surface area contributed by atoms with Gasteiger partial charge >= 0.3 is 0 Å². The van der Waals surface area contributed by atoms with Crippen LogP contribution in [-0.2, 0) is 4.74 Å². The van der Waals surface area contributed by atoms with Gasteiger partial charge in [-0.1, -0.05) is 0 Å². The molecule has 0 aliphatic carbocycles. The van der Waals surface area contributed by atoms with Crippen molar-refractivity contribution >= 4 is 11.0 Å². The van der Waals surface area contributed by atoms with Gasteiger partial charge in [-0.05, 0) is 30.7 Å². The van der Waals surface area contributed by atoms with Crippen LogP contribution in [0.1, 0.15) is 12.0 Å². The van der Waals surface area contributed by atoms with Crippen molar-refractivity contribution in [3.8, 4) is 5.75 Å². The van der Waals surface area contributed by atoms with Crippen molar-refractivity contribution in [3.05, 3.63) is 30.0 Å². The van der Waals surface area contributed by atoms with E-state index in [2.05, 4.69) is 0 Å². The molecule has 0 amide bonds. The van der Waals surface area contributed by atoms with Crippen LogP contribution in [0.15, 0.2) is 28.9 Å². The molecular weight excluding hydrogens is 204 g/mol. The van der Waals surface area contributed by atoms with Crippen molar-refractivity contribution in [1.82, 2.24) is 0 Å². The average Bonchev–Trinajstić information content (AvgIpc) is 2.90. The van der Waals surface area contributed by atoms with E-state index in [1.54, 1.807) is 6.26 Å². The third-order valence-corrected chi connectivity index (χ3v) is 2.93. The van der Waals surface area contributed by atoms with Crippen molar-refractivity contribution in [1.29, 1.82) is 0 Å². The number of benzene rings is 1. The Balaban J connectivity index is 1.88. The summed E-state index contributed by atoms with van der Waals surface area (Å²) in [5.41, 5.74) is 2.05. The maximum absolute atomic E-state index is 5.84. The van der Waals surface area contributed by atoms with Crippen molar-refractivity contribution in [2.75, 3.05) is 13.2 Å². The predicted molar refractivity (Wildman–Crippen MR) is 60.8 cm³/mol. The first kappa shape index (κ1) is 9.73. The zero-order chi connectivity index (χ0) is 11.0. The van der Waals surface area contributed by atoms with Gasteiger partial charge in [0.1, 0.15) is 17.4 Å². The summed E-state index contributed by atoms with van der Waals surface area (Å²) in [6.07, 6.45) is 2.94. The molecule has 84 valence electrons. The number of ether oxygens (including phenoxy) is 2. The second-order valence-electron chi connectivity index (χ2n) is 4.18. The maximum atomic E-state index is 5.84. The van der Waals surface area contributed by atoms with Crippen molar-refractivity contribution in [2.45, 2.75) is 19.4 Å². The number of hydrogen-bond acceptors (Lipinski definition) is 3. The van der Waals surface area contributed by atoms with Crippen LogP contribution in [0.5, 0.6) is 5.75 Å². The monoisotopic (exact) mass is 218 g/mol. The van der Waals surface area contributed by atoms with Crippen molar-refractivity contribution < 1.29 is 13.9 Å². The molecule has 1 aliphatic rings. The van der Waals surface area contributed by atoms with Crippen LogP contribution in [0.25, 0.3) is 11.0 Å². The van der Waals surface area contributed by atoms with Crippen LogP contribution < -0.4 is 4.74 Å². The van der Waals surface area contributed by atoms with E-state index in [1.807, 2.05) is 25.1 Å². The molecular formula is C13H14O3. The highest BCUT2D eigenvalue weighted by molar-refractivity contribution is 5.82. The Bertz CT molecular complexity index is 495. The highest BCUT2D eigenvalue weighted by Crippen LogP contribution is 2.26. The van der Waals surface area contributed by atoms with Gasteiger partial charge in [-0.25, -0.2) is 0 Å². The van der Waals surface area contributed by atoms with Gasteiger partial charge < -0.3 is 13.9 Å². The lowest BCUT2D eigenvalue weighted by Crippen LogP contribution is -2.15. The fourth-order valence-electron chi connectivity index (χ4n) is 2.01. The van der Waals surface area contributed by atoms with E-state index in [9.17, 15) is 0 Å². The molecule has 1 fully saturated rings. The smallest absolute Gasteiger partial charge is 0.134 e. The molecule has 2 heterocycles. The zero-order valence-corrected chi connectivity index (χ0v) is 9.23. The minimum atomic E-state index is 0.199. The fraction of sp³-hybridized carbons (Fsp3) is 0.385. The lowest BCUT2D eigenvalue weighted by molar-refractivity contribution is 0.141. The van der Waals surface area contributed by atoms with Crippen LogP contribution >= 0.6 is 0 Å². The molecule has 0 radical (unpaired) electrons. The van der Waals surface area contributed by atoms with Gasteiger partial charge in [0.25, 0.3) is 0 Å². The summed E-state index contributed by atoms with van der Waals surface area (Å²) in [5, 5.41) is 1.12. The van der Waals surface area contributed by atoms with Crippen LogP contribution in [-0.4, -0.2) is 19.3 Å². The Morgan fingerprint density at radius 3 is 3.12 bits per heavy atom. The number of aryl methyl sites for hydroxylation is 1. The molecule has 1 atom stereocenters. The molecule has 1 unspecified atom stereocenters. The lowest BCUT2D eigenvalue weighted by atomic mass is 10.2. The van der Waals surface area contributed by atoms with Crippen LogP contribution in [0.2, 0.25) is 0 Å². The zero-order valence-electron chi connectivity index (χ0n) is 9.23. The third-order valence-electron chi connectivity index (χ3n) is 2.93. The SMILES string of the molecule is Cc1coc2ccc(OC3CCOC3)cc12. The van der Waals surface area contributed by atoms with Gasteiger partial charge in [0, 0.05) is 11.8 Å². The standard InChI is InChI=1S/C13H14O3/c1-9-7-15-13-3-2-10(6-12(9)13)16-11-4-5-14-8-11/h2-3,6-7,11H,4-5,8H2,1H3. The largest absolute Gasteiger partial charge is 0.488 e. The Hall–Kier alpha value is -1.48. The quantitative estimate of drug-likeness (QED) is 0.776. The molecule has 0 saturated carbocycles. The Morgan fingerprint density at radius 2 is 2.31 bits per heavy atom. The lowest BCUT2D eigenvalue weighted by Gasteiger charge is -2.11. The summed E-state index contributed by atoms with van der Waals surface area (Å²) in [6.45, 7) is 3.54. The van der Waals surface area contributed by atoms with Gasteiger partial charge in [-0.3, -0.25) is 0 Å². The van der Waals surface area contributed by atoms with Gasteiger partial charge in [0.15, 0.2) is 0 Å². The van der Waals surface area contributed by atoms with Crippen molar-refractivity contribution in [2.24, 2.45) is 0 Å². The molecule has 1 aromatic heterocycles. The van der Waals surface area contributed by atoms with Crippen LogP contribution in [0.3, 0.4) is 0 Å². The molecule has 0 bridgehead atoms. The van der Waals surface area contributed by atoms with E-state index in [0.29, 0.717) is 6.61 Å². The van der Waals surface area contributed by atoms with Gasteiger partial charge in [0.05, 0.1) is 19.5 Å². The molecule has 0 spiro atoms. The topological polar surface area (TPSA) is 31.6 Å². The number of hydrogen-bond donors (Lipinski definition) is 0. The van der Waals surface area contributed by atoms with Gasteiger partial charge in [0.2, 0.25) is 0 Å². The Kier molecular flexibility index (Phi) is 2.33. The van der Waals surface area contributed by atoms with E-state index in [-0.39, 0.29) is 6.10 Å². The summed E-state index contributed by atoms with van der Waals surface area (Å²) in [6, 6.07) is 5.93. The number of rotatable bonds is 2. The molecule has 3 heteroatoms. The summed E-state index contributed by atoms with van der Waals surface area (Å²) in [7, 11) is 0. The molecule has 1 aliphatic heterocycles. The average molecular weight is 218 g/mol. The second-order valence-corrected chi connectivity index (χ2v) is 4.18. The van der Waals surface area contributed by atoms with Crippen LogP contribution in [0, 0.1) is 6.92 Å². The summed E-state index contributed by atoms with van der Waals surface area (Å²) in [5.74, 6) is 0.896. The minimum absolute atomic E-state index is 0.199. The highest BCUT2D eigenvalue weighted by atomic mass is 16.5. The van der Waals surface area contributed by atoms with Crippen molar-refractivity contribution in [3.63, 3.8) is 0 Å². The molecule has 16 heavy (non-hydrogen) atoms. The summed E-state index contributed by atoms with van der Waals surface area (Å²) >= 11 is 0. The second kappa shape index (κ2) is 3.83. The Labute approximate surface area is 94.0 Å². The van der Waals surface area contributed by atoms with Crippen LogP contribution in [0.4, 0.5) is 0 Å². The first-order valence-corrected chi connectivity index (χ1v) is 5.55. The first-order valence-electron chi connectivity index (χ1n) is 5.55. The molecule has 0 N–H and O–H groups in total. The number of fused-ring (bicyclic) bond motifs is 1. The number of furan rings is 1. The minimum Gasteiger partial charge on any atom is -0.488 e. The molecule has 1 aromatic carbocycles. The van der Waals surface area contributed by atoms with E-state index >= 15 is 0 Å². The van der Waals surface area contributed by atoms with E-state index in [4.69, 9.17) is 13.9 Å². The summed E-state index contributed by atoms with van der Waals surface area (Å²) in [4.78, 5) is 0. The predicted octanol–water partition coefficient (Wildman–Crippen LogP) is 2.91. The van der Waals surface area contributed by atoms with Gasteiger partial charge in [-0.2, -0.15) is 0 Å². The molecule has 2 aromatic rings. The molecule has 3 nitrogen and oxygen atoms in total. The summed E-state index contributed by atoms with van der Waals surface area (Å²) < 4.78 is 16.5. The fourth-order valence-corrected chi connectivity index (χ4v) is 2.01. The first-order chi connectivity index (χ1) is 7.83. The Morgan fingerprint density at radius 1 is 1.38 bits per heavy atom. The molecule has 3 rings (SSSR count). The highest BCUT2D eigenvalue weighted by Gasteiger charge is 2.17. The third kappa shape index (κ3) is 1.67. The molecule has 1 saturated heterocycles. The van der Waals surface area contributed by atoms with Gasteiger partial charge in [-0.15, -0.1) is 0 Å². The normalized spacial score (nSPS) is 20.4. The maximum Gasteiger partial charge on any atom is 0.134 e. The van der Waals surface area contributed by atoms with E-state index < -0.39 is 0 Å². The van der Waals surface area contributed by atoms with E-state index in [0.717, 1.165) is 35.3 Å².